The van der Waals surface area contributed by atoms with Crippen LogP contribution in [0.15, 0.2) is 73.7 Å². The monoisotopic (exact) mass is 396 g/mol. The number of fused-ring (bicyclic) bond motifs is 1. The summed E-state index contributed by atoms with van der Waals surface area (Å²) in [6.07, 6.45) is 8.41. The molecule has 9 nitrogen and oxygen atoms in total. The zero-order valence-corrected chi connectivity index (χ0v) is 16.0. The Bertz CT molecular complexity index is 1290. The summed E-state index contributed by atoms with van der Waals surface area (Å²) in [7, 11) is 1.54. The second kappa shape index (κ2) is 7.55. The van der Waals surface area contributed by atoms with Gasteiger partial charge in [-0.05, 0) is 42.0 Å². The minimum atomic E-state index is 0.341. The molecule has 0 saturated carbocycles. The fourth-order valence-electron chi connectivity index (χ4n) is 3.01. The third-order valence-corrected chi connectivity index (χ3v) is 4.53. The molecule has 0 radical (unpaired) electrons. The number of methoxy groups -OCH3 is 1. The van der Waals surface area contributed by atoms with Crippen molar-refractivity contribution >= 4 is 22.5 Å². The first-order valence-corrected chi connectivity index (χ1v) is 9.14. The average molecular weight is 396 g/mol. The largest absolute Gasteiger partial charge is 0.467 e. The van der Waals surface area contributed by atoms with Crippen LogP contribution in [-0.2, 0) is 0 Å². The Hall–Kier alpha value is -4.40. The van der Waals surface area contributed by atoms with Gasteiger partial charge in [-0.3, -0.25) is 0 Å². The van der Waals surface area contributed by atoms with Crippen molar-refractivity contribution in [3.05, 3.63) is 73.7 Å². The van der Waals surface area contributed by atoms with Gasteiger partial charge in [0.05, 0.1) is 18.3 Å². The van der Waals surface area contributed by atoms with Gasteiger partial charge in [-0.15, -0.1) is 0 Å². The van der Waals surface area contributed by atoms with Gasteiger partial charge < -0.3 is 10.1 Å². The van der Waals surface area contributed by atoms with Crippen LogP contribution in [-0.4, -0.2) is 41.8 Å². The number of anilines is 2. The van der Waals surface area contributed by atoms with E-state index in [9.17, 15) is 0 Å². The average Bonchev–Trinajstić information content (AvgIpc) is 3.34. The van der Waals surface area contributed by atoms with Crippen LogP contribution in [0.3, 0.4) is 0 Å². The number of ether oxygens (including phenoxy) is 1. The summed E-state index contributed by atoms with van der Waals surface area (Å²) >= 11 is 0. The zero-order valence-electron chi connectivity index (χ0n) is 16.0. The Balaban J connectivity index is 1.37. The highest BCUT2D eigenvalue weighted by Gasteiger charge is 2.06. The molecule has 0 unspecified atom stereocenters. The highest BCUT2D eigenvalue weighted by Crippen LogP contribution is 2.24. The van der Waals surface area contributed by atoms with Crippen LogP contribution in [0, 0.1) is 0 Å². The fraction of sp³-hybridized carbons (Fsp3) is 0.0476. The molecule has 0 aliphatic heterocycles. The van der Waals surface area contributed by atoms with E-state index >= 15 is 0 Å². The van der Waals surface area contributed by atoms with E-state index < -0.39 is 0 Å². The summed E-state index contributed by atoms with van der Waals surface area (Å²) in [5.41, 5.74) is 4.52. The molecule has 0 amide bonds. The Morgan fingerprint density at radius 3 is 2.47 bits per heavy atom. The molecule has 146 valence electrons. The maximum absolute atomic E-state index is 5.01. The molecule has 3 aromatic heterocycles. The number of benzene rings is 2. The third kappa shape index (κ3) is 3.51. The molecule has 30 heavy (non-hydrogen) atoms. The Kier molecular flexibility index (Phi) is 4.45. The first-order valence-electron chi connectivity index (χ1n) is 9.14. The van der Waals surface area contributed by atoms with E-state index in [1.807, 2.05) is 42.5 Å². The van der Waals surface area contributed by atoms with E-state index in [4.69, 9.17) is 4.74 Å². The van der Waals surface area contributed by atoms with Crippen molar-refractivity contribution in [2.45, 2.75) is 0 Å². The van der Waals surface area contributed by atoms with Gasteiger partial charge in [0.15, 0.2) is 0 Å². The molecule has 0 fully saturated rings. The first-order chi connectivity index (χ1) is 14.8. The van der Waals surface area contributed by atoms with Gasteiger partial charge in [0.25, 0.3) is 0 Å². The van der Waals surface area contributed by atoms with Gasteiger partial charge >= 0.3 is 6.01 Å². The summed E-state index contributed by atoms with van der Waals surface area (Å²) in [6.45, 7) is 0. The smallest absolute Gasteiger partial charge is 0.316 e. The molecular weight excluding hydrogens is 380 g/mol. The normalized spacial score (nSPS) is 10.8. The molecule has 2 aromatic carbocycles. The quantitative estimate of drug-likeness (QED) is 0.482. The highest BCUT2D eigenvalue weighted by atomic mass is 16.5. The number of nitrogens with zero attached hydrogens (tertiary/aromatic N) is 7. The summed E-state index contributed by atoms with van der Waals surface area (Å²) in [6, 6.07) is 14.1. The number of rotatable bonds is 5. The standard InChI is InChI=1S/C21H16N8O/c1-30-21-24-10-16(11-25-21)14-2-7-19-15(8-14)9-23-20(28-19)27-17-3-5-18(6-4-17)29-13-22-12-26-29/h2-13H,1H3,(H,23,27,28). The molecule has 5 aromatic rings. The molecule has 1 N–H and O–H groups in total. The van der Waals surface area contributed by atoms with Crippen molar-refractivity contribution < 1.29 is 4.74 Å². The van der Waals surface area contributed by atoms with E-state index in [1.54, 1.807) is 36.7 Å². The first kappa shape index (κ1) is 17.7. The topological polar surface area (TPSA) is 104 Å². The predicted molar refractivity (Wildman–Crippen MR) is 112 cm³/mol. The molecule has 3 heterocycles. The maximum Gasteiger partial charge on any atom is 0.316 e. The number of hydrogen-bond donors (Lipinski definition) is 1. The summed E-state index contributed by atoms with van der Waals surface area (Å²) < 4.78 is 6.70. The van der Waals surface area contributed by atoms with Gasteiger partial charge in [0, 0.05) is 35.2 Å². The molecule has 0 bridgehead atoms. The van der Waals surface area contributed by atoms with E-state index in [2.05, 4.69) is 35.3 Å². The van der Waals surface area contributed by atoms with E-state index in [1.165, 1.54) is 6.33 Å². The van der Waals surface area contributed by atoms with E-state index in [0.717, 1.165) is 33.4 Å². The molecule has 0 aliphatic rings. The number of aromatic nitrogens is 7. The lowest BCUT2D eigenvalue weighted by molar-refractivity contribution is 0.380. The lowest BCUT2D eigenvalue weighted by Crippen LogP contribution is -1.98. The molecular formula is C21H16N8O. The van der Waals surface area contributed by atoms with Crippen LogP contribution in [0.25, 0.3) is 27.7 Å². The van der Waals surface area contributed by atoms with E-state index in [0.29, 0.717) is 12.0 Å². The third-order valence-electron chi connectivity index (χ3n) is 4.53. The maximum atomic E-state index is 5.01. The molecule has 0 atom stereocenters. The van der Waals surface area contributed by atoms with Gasteiger partial charge in [0.2, 0.25) is 5.95 Å². The van der Waals surface area contributed by atoms with Crippen molar-refractivity contribution in [3.63, 3.8) is 0 Å². The van der Waals surface area contributed by atoms with Crippen LogP contribution < -0.4 is 10.1 Å². The van der Waals surface area contributed by atoms with Crippen LogP contribution in [0.2, 0.25) is 0 Å². The number of hydrogen-bond acceptors (Lipinski definition) is 8. The van der Waals surface area contributed by atoms with Gasteiger partial charge in [-0.25, -0.2) is 29.6 Å². The summed E-state index contributed by atoms with van der Waals surface area (Å²) in [5, 5.41) is 8.27. The van der Waals surface area contributed by atoms with Crippen molar-refractivity contribution in [3.8, 4) is 22.8 Å². The minimum absolute atomic E-state index is 0.341. The molecule has 0 aliphatic carbocycles. The van der Waals surface area contributed by atoms with Crippen molar-refractivity contribution in [1.82, 2.24) is 34.7 Å². The van der Waals surface area contributed by atoms with Crippen LogP contribution in [0.4, 0.5) is 11.6 Å². The predicted octanol–water partition coefficient (Wildman–Crippen LogP) is 3.42. The lowest BCUT2D eigenvalue weighted by atomic mass is 10.1. The Morgan fingerprint density at radius 1 is 0.900 bits per heavy atom. The second-order valence-corrected chi connectivity index (χ2v) is 6.44. The number of nitrogens with one attached hydrogen (secondary N) is 1. The second-order valence-electron chi connectivity index (χ2n) is 6.44. The Labute approximate surface area is 171 Å². The van der Waals surface area contributed by atoms with E-state index in [-0.39, 0.29) is 0 Å². The summed E-state index contributed by atoms with van der Waals surface area (Å²) in [4.78, 5) is 21.3. The highest BCUT2D eigenvalue weighted by molar-refractivity contribution is 5.84. The van der Waals surface area contributed by atoms with Gasteiger partial charge in [0.1, 0.15) is 12.7 Å². The van der Waals surface area contributed by atoms with Crippen LogP contribution in [0.5, 0.6) is 6.01 Å². The van der Waals surface area contributed by atoms with Crippen LogP contribution in [0.1, 0.15) is 0 Å². The Morgan fingerprint density at radius 2 is 1.73 bits per heavy atom. The minimum Gasteiger partial charge on any atom is -0.467 e. The SMILES string of the molecule is COc1ncc(-c2ccc3nc(Nc4ccc(-n5cncn5)cc4)ncc3c2)cn1. The van der Waals surface area contributed by atoms with Crippen molar-refractivity contribution in [2.75, 3.05) is 12.4 Å². The van der Waals surface area contributed by atoms with Gasteiger partial charge in [-0.1, -0.05) is 6.07 Å². The molecule has 0 spiro atoms. The lowest BCUT2D eigenvalue weighted by Gasteiger charge is -2.08. The van der Waals surface area contributed by atoms with Crippen LogP contribution >= 0.6 is 0 Å². The molecule has 0 saturated heterocycles. The summed E-state index contributed by atoms with van der Waals surface area (Å²) in [5.74, 6) is 0.525. The van der Waals surface area contributed by atoms with Crippen molar-refractivity contribution in [1.29, 1.82) is 0 Å². The molecule has 9 heteroatoms. The van der Waals surface area contributed by atoms with Crippen molar-refractivity contribution in [2.24, 2.45) is 0 Å². The molecule has 5 rings (SSSR count). The zero-order chi connectivity index (χ0) is 20.3. The fourth-order valence-corrected chi connectivity index (χ4v) is 3.01. The van der Waals surface area contributed by atoms with Gasteiger partial charge in [-0.2, -0.15) is 5.10 Å².